The van der Waals surface area contributed by atoms with Gasteiger partial charge in [0.25, 0.3) is 0 Å². The Balaban J connectivity index is 0.00000128. The number of rotatable bonds is 3. The van der Waals surface area contributed by atoms with E-state index in [2.05, 4.69) is 41.0 Å². The SMILES string of the molecule is C[n+]1ccccc1SCc1cccnc1.[Cl-]. The van der Waals surface area contributed by atoms with Crippen LogP contribution in [0.4, 0.5) is 0 Å². The van der Waals surface area contributed by atoms with Crippen molar-refractivity contribution in [2.45, 2.75) is 10.8 Å². The van der Waals surface area contributed by atoms with Crippen LogP contribution in [0, 0.1) is 0 Å². The molecule has 2 nitrogen and oxygen atoms in total. The van der Waals surface area contributed by atoms with Crippen LogP contribution < -0.4 is 17.0 Å². The highest BCUT2D eigenvalue weighted by Gasteiger charge is 2.05. The average Bonchev–Trinajstić information content (AvgIpc) is 2.29. The van der Waals surface area contributed by atoms with Crippen LogP contribution in [0.5, 0.6) is 0 Å². The van der Waals surface area contributed by atoms with Crippen molar-refractivity contribution in [2.75, 3.05) is 0 Å². The molecule has 0 fully saturated rings. The summed E-state index contributed by atoms with van der Waals surface area (Å²) in [6.07, 6.45) is 5.78. The zero-order valence-electron chi connectivity index (χ0n) is 9.01. The molecule has 4 heteroatoms. The molecule has 0 aromatic carbocycles. The molecule has 16 heavy (non-hydrogen) atoms. The van der Waals surface area contributed by atoms with Crippen molar-refractivity contribution in [1.82, 2.24) is 4.98 Å². The van der Waals surface area contributed by atoms with Crippen molar-refractivity contribution in [3.63, 3.8) is 0 Å². The Morgan fingerprint density at radius 2 is 2.12 bits per heavy atom. The number of pyridine rings is 2. The van der Waals surface area contributed by atoms with Crippen LogP contribution in [0.25, 0.3) is 0 Å². The lowest BCUT2D eigenvalue weighted by atomic mass is 10.3. The molecule has 2 heterocycles. The van der Waals surface area contributed by atoms with Gasteiger partial charge in [0.05, 0.1) is 0 Å². The highest BCUT2D eigenvalue weighted by Crippen LogP contribution is 2.17. The van der Waals surface area contributed by atoms with E-state index in [1.54, 1.807) is 6.20 Å². The minimum atomic E-state index is 0. The molecule has 2 rings (SSSR count). The smallest absolute Gasteiger partial charge is 0.240 e. The first-order valence-corrected chi connectivity index (χ1v) is 5.81. The largest absolute Gasteiger partial charge is 1.00 e. The van der Waals surface area contributed by atoms with Crippen LogP contribution in [0.1, 0.15) is 5.56 Å². The van der Waals surface area contributed by atoms with Gasteiger partial charge in [0.15, 0.2) is 6.20 Å². The molecule has 0 aliphatic heterocycles. The summed E-state index contributed by atoms with van der Waals surface area (Å²) < 4.78 is 2.13. The van der Waals surface area contributed by atoms with Crippen LogP contribution >= 0.6 is 11.8 Å². The van der Waals surface area contributed by atoms with E-state index in [0.29, 0.717) is 0 Å². The van der Waals surface area contributed by atoms with Gasteiger partial charge < -0.3 is 12.4 Å². The van der Waals surface area contributed by atoms with Gasteiger partial charge in [-0.25, -0.2) is 0 Å². The Hall–Kier alpha value is -1.06. The molecule has 0 aliphatic carbocycles. The molecule has 0 N–H and O–H groups in total. The van der Waals surface area contributed by atoms with Gasteiger partial charge in [0.1, 0.15) is 7.05 Å². The van der Waals surface area contributed by atoms with Gasteiger partial charge in [-0.1, -0.05) is 17.8 Å². The highest BCUT2D eigenvalue weighted by molar-refractivity contribution is 7.98. The zero-order valence-corrected chi connectivity index (χ0v) is 10.6. The predicted octanol–water partition coefficient (Wildman–Crippen LogP) is -0.798. The molecule has 0 aliphatic rings. The second-order valence-corrected chi connectivity index (χ2v) is 4.30. The van der Waals surface area contributed by atoms with E-state index in [-0.39, 0.29) is 12.4 Å². The number of thioether (sulfide) groups is 1. The van der Waals surface area contributed by atoms with E-state index in [1.807, 2.05) is 30.1 Å². The normalized spacial score (nSPS) is 9.56. The molecule has 2 aromatic rings. The maximum absolute atomic E-state index is 4.10. The molecule has 0 radical (unpaired) electrons. The topological polar surface area (TPSA) is 16.8 Å². The monoisotopic (exact) mass is 252 g/mol. The van der Waals surface area contributed by atoms with E-state index in [4.69, 9.17) is 0 Å². The third-order valence-electron chi connectivity index (χ3n) is 2.12. The summed E-state index contributed by atoms with van der Waals surface area (Å²) in [6.45, 7) is 0. The van der Waals surface area contributed by atoms with E-state index in [0.717, 1.165) is 5.75 Å². The van der Waals surface area contributed by atoms with Crippen LogP contribution in [0.2, 0.25) is 0 Å². The number of aryl methyl sites for hydroxylation is 1. The van der Waals surface area contributed by atoms with Crippen LogP contribution in [0.15, 0.2) is 53.9 Å². The predicted molar refractivity (Wildman–Crippen MR) is 61.4 cm³/mol. The minimum absolute atomic E-state index is 0. The van der Waals surface area contributed by atoms with E-state index in [1.165, 1.54) is 10.6 Å². The fourth-order valence-electron chi connectivity index (χ4n) is 1.30. The molecule has 0 atom stereocenters. The van der Waals surface area contributed by atoms with Crippen molar-refractivity contribution >= 4 is 11.8 Å². The van der Waals surface area contributed by atoms with E-state index < -0.39 is 0 Å². The van der Waals surface area contributed by atoms with Crippen molar-refractivity contribution in [3.8, 4) is 0 Å². The molecule has 0 saturated carbocycles. The Labute approximate surface area is 106 Å². The van der Waals surface area contributed by atoms with E-state index in [9.17, 15) is 0 Å². The fourth-order valence-corrected chi connectivity index (χ4v) is 2.22. The summed E-state index contributed by atoms with van der Waals surface area (Å²) >= 11 is 1.82. The second kappa shape index (κ2) is 6.51. The summed E-state index contributed by atoms with van der Waals surface area (Å²) in [5, 5.41) is 1.27. The van der Waals surface area contributed by atoms with Crippen LogP contribution in [0.3, 0.4) is 0 Å². The van der Waals surface area contributed by atoms with Gasteiger partial charge in [-0.3, -0.25) is 4.98 Å². The first-order chi connectivity index (χ1) is 7.36. The molecule has 0 unspecified atom stereocenters. The Bertz CT molecular complexity index is 434. The lowest BCUT2D eigenvalue weighted by Gasteiger charge is -1.99. The van der Waals surface area contributed by atoms with Crippen LogP contribution in [-0.2, 0) is 12.8 Å². The quantitative estimate of drug-likeness (QED) is 0.526. The van der Waals surface area contributed by atoms with Crippen molar-refractivity contribution in [3.05, 3.63) is 54.5 Å². The number of nitrogens with zero attached hydrogens (tertiary/aromatic N) is 2. The number of aromatic nitrogens is 2. The van der Waals surface area contributed by atoms with Crippen molar-refractivity contribution < 1.29 is 17.0 Å². The van der Waals surface area contributed by atoms with Gasteiger partial charge in [0, 0.05) is 30.3 Å². The lowest BCUT2D eigenvalue weighted by molar-refractivity contribution is -0.708. The van der Waals surface area contributed by atoms with Crippen molar-refractivity contribution in [2.24, 2.45) is 7.05 Å². The molecular weight excluding hydrogens is 240 g/mol. The molecule has 0 amide bonds. The van der Waals surface area contributed by atoms with Gasteiger partial charge in [0.2, 0.25) is 5.03 Å². The minimum Gasteiger partial charge on any atom is -1.00 e. The Morgan fingerprint density at radius 3 is 2.81 bits per heavy atom. The highest BCUT2D eigenvalue weighted by atomic mass is 35.5. The van der Waals surface area contributed by atoms with Gasteiger partial charge >= 0.3 is 0 Å². The average molecular weight is 253 g/mol. The molecule has 0 spiro atoms. The third kappa shape index (κ3) is 3.51. The summed E-state index contributed by atoms with van der Waals surface area (Å²) in [6, 6.07) is 10.3. The number of hydrogen-bond acceptors (Lipinski definition) is 2. The van der Waals surface area contributed by atoms with E-state index >= 15 is 0 Å². The van der Waals surface area contributed by atoms with Gasteiger partial charge in [-0.15, -0.1) is 0 Å². The maximum atomic E-state index is 4.10. The lowest BCUT2D eigenvalue weighted by Crippen LogP contribution is -3.00. The number of hydrogen-bond donors (Lipinski definition) is 0. The van der Waals surface area contributed by atoms with Crippen molar-refractivity contribution in [1.29, 1.82) is 0 Å². The summed E-state index contributed by atoms with van der Waals surface area (Å²) in [7, 11) is 2.06. The molecule has 0 saturated heterocycles. The Morgan fingerprint density at radius 1 is 1.25 bits per heavy atom. The molecular formula is C12H13ClN2S. The molecule has 2 aromatic heterocycles. The molecule has 84 valence electrons. The zero-order chi connectivity index (χ0) is 10.5. The first kappa shape index (κ1) is 13.0. The fraction of sp³-hybridized carbons (Fsp3) is 0.167. The van der Waals surface area contributed by atoms with Gasteiger partial charge in [-0.2, -0.15) is 4.57 Å². The van der Waals surface area contributed by atoms with Gasteiger partial charge in [-0.05, 0) is 17.7 Å². The third-order valence-corrected chi connectivity index (χ3v) is 3.31. The summed E-state index contributed by atoms with van der Waals surface area (Å²) in [5.41, 5.74) is 1.26. The maximum Gasteiger partial charge on any atom is 0.240 e. The summed E-state index contributed by atoms with van der Waals surface area (Å²) in [4.78, 5) is 4.10. The summed E-state index contributed by atoms with van der Waals surface area (Å²) in [5.74, 6) is 0.964. The second-order valence-electron chi connectivity index (χ2n) is 3.30. The Kier molecular flexibility index (Phi) is 5.29. The first-order valence-electron chi connectivity index (χ1n) is 4.82. The number of halogens is 1. The standard InChI is InChI=1S/C12H13N2S.ClH/c1-14-8-3-2-6-12(14)15-10-11-5-4-7-13-9-11;/h2-9H,10H2,1H3;1H/q+1;/p-1. The molecule has 0 bridgehead atoms. The van der Waals surface area contributed by atoms with Crippen LogP contribution in [-0.4, -0.2) is 4.98 Å².